The van der Waals surface area contributed by atoms with Gasteiger partial charge in [0.25, 0.3) is 0 Å². The van der Waals surface area contributed by atoms with E-state index < -0.39 is 0 Å². The van der Waals surface area contributed by atoms with Gasteiger partial charge in [-0.1, -0.05) is 35.9 Å². The number of aryl methyl sites for hydroxylation is 3. The minimum Gasteiger partial charge on any atom is -0.143 e. The Labute approximate surface area is 103 Å². The number of hydrogen-bond donors (Lipinski definition) is 1. The summed E-state index contributed by atoms with van der Waals surface area (Å²) in [5, 5.41) is 0. The van der Waals surface area contributed by atoms with Gasteiger partial charge in [0.1, 0.15) is 0 Å². The Hall–Kier alpha value is -1.21. The molecule has 2 aromatic rings. The summed E-state index contributed by atoms with van der Waals surface area (Å²) in [5.74, 6) is 0. The van der Waals surface area contributed by atoms with E-state index >= 15 is 0 Å². The third-order valence-electron chi connectivity index (χ3n) is 2.90. The lowest BCUT2D eigenvalue weighted by Gasteiger charge is -2.12. The van der Waals surface area contributed by atoms with Crippen molar-refractivity contribution in [2.45, 2.75) is 25.7 Å². The van der Waals surface area contributed by atoms with Crippen LogP contribution in [0.2, 0.25) is 0 Å². The molecule has 0 aliphatic rings. The van der Waals surface area contributed by atoms with Crippen molar-refractivity contribution >= 4 is 12.6 Å². The molecule has 0 unspecified atom stereocenters. The molecule has 0 spiro atoms. The number of rotatable bonds is 1. The molecule has 0 aliphatic carbocycles. The van der Waals surface area contributed by atoms with Gasteiger partial charge in [0, 0.05) is 4.90 Å². The van der Waals surface area contributed by atoms with E-state index in [4.69, 9.17) is 0 Å². The van der Waals surface area contributed by atoms with Crippen molar-refractivity contribution in [3.63, 3.8) is 0 Å². The Balaban J connectivity index is 2.68. The first kappa shape index (κ1) is 11.3. The molecule has 2 aromatic carbocycles. The first-order valence-electron chi connectivity index (χ1n) is 5.46. The fourth-order valence-corrected chi connectivity index (χ4v) is 2.48. The summed E-state index contributed by atoms with van der Waals surface area (Å²) in [6, 6.07) is 12.8. The van der Waals surface area contributed by atoms with Crippen LogP contribution in [0.15, 0.2) is 41.3 Å². The molecular weight excluding hydrogens is 212 g/mol. The Morgan fingerprint density at radius 2 is 1.62 bits per heavy atom. The van der Waals surface area contributed by atoms with E-state index in [1.165, 1.54) is 27.8 Å². The highest BCUT2D eigenvalue weighted by molar-refractivity contribution is 7.80. The second kappa shape index (κ2) is 4.34. The van der Waals surface area contributed by atoms with E-state index in [9.17, 15) is 0 Å². The molecule has 0 nitrogen and oxygen atoms in total. The first-order chi connectivity index (χ1) is 7.59. The molecule has 0 aromatic heterocycles. The number of thiol groups is 1. The molecule has 16 heavy (non-hydrogen) atoms. The molecule has 1 heteroatoms. The van der Waals surface area contributed by atoms with Crippen LogP contribution in [0, 0.1) is 20.8 Å². The normalized spacial score (nSPS) is 10.5. The van der Waals surface area contributed by atoms with E-state index in [0.717, 1.165) is 4.90 Å². The summed E-state index contributed by atoms with van der Waals surface area (Å²) in [6.07, 6.45) is 0. The highest BCUT2D eigenvalue weighted by atomic mass is 32.1. The summed E-state index contributed by atoms with van der Waals surface area (Å²) < 4.78 is 0. The number of hydrogen-bond acceptors (Lipinski definition) is 1. The minimum atomic E-state index is 1.05. The lowest BCUT2D eigenvalue weighted by Crippen LogP contribution is -1.89. The smallest absolute Gasteiger partial charge is 0.0121 e. The molecule has 0 radical (unpaired) electrons. The minimum absolute atomic E-state index is 1.05. The lowest BCUT2D eigenvalue weighted by molar-refractivity contribution is 1.32. The van der Waals surface area contributed by atoms with Gasteiger partial charge in [-0.05, 0) is 49.1 Å². The molecule has 0 N–H and O–H groups in total. The second-order valence-electron chi connectivity index (χ2n) is 4.29. The summed E-state index contributed by atoms with van der Waals surface area (Å²) in [5.41, 5.74) is 6.43. The highest BCUT2D eigenvalue weighted by Gasteiger charge is 2.08. The Morgan fingerprint density at radius 3 is 2.25 bits per heavy atom. The van der Waals surface area contributed by atoms with E-state index in [1.54, 1.807) is 0 Å². The quantitative estimate of drug-likeness (QED) is 0.679. The van der Waals surface area contributed by atoms with E-state index in [2.05, 4.69) is 57.7 Å². The van der Waals surface area contributed by atoms with Gasteiger partial charge in [0.15, 0.2) is 0 Å². The predicted molar refractivity (Wildman–Crippen MR) is 73.3 cm³/mol. The molecule has 0 aliphatic heterocycles. The van der Waals surface area contributed by atoms with Crippen LogP contribution in [0.1, 0.15) is 16.7 Å². The first-order valence-corrected chi connectivity index (χ1v) is 5.90. The fourth-order valence-electron chi connectivity index (χ4n) is 2.10. The highest BCUT2D eigenvalue weighted by Crippen LogP contribution is 2.32. The van der Waals surface area contributed by atoms with Gasteiger partial charge in [-0.25, -0.2) is 0 Å². The van der Waals surface area contributed by atoms with E-state index in [0.29, 0.717) is 0 Å². The maximum atomic E-state index is 4.55. The third-order valence-corrected chi connectivity index (χ3v) is 3.27. The molecule has 0 atom stereocenters. The van der Waals surface area contributed by atoms with Gasteiger partial charge in [0.2, 0.25) is 0 Å². The van der Waals surface area contributed by atoms with Crippen LogP contribution in [-0.2, 0) is 0 Å². The molecule has 2 rings (SSSR count). The van der Waals surface area contributed by atoms with Gasteiger partial charge < -0.3 is 0 Å². The van der Waals surface area contributed by atoms with Crippen molar-refractivity contribution < 1.29 is 0 Å². The van der Waals surface area contributed by atoms with Crippen LogP contribution in [0.5, 0.6) is 0 Å². The van der Waals surface area contributed by atoms with Crippen LogP contribution < -0.4 is 0 Å². The lowest BCUT2D eigenvalue weighted by atomic mass is 9.95. The van der Waals surface area contributed by atoms with E-state index in [-0.39, 0.29) is 0 Å². The summed E-state index contributed by atoms with van der Waals surface area (Å²) in [4.78, 5) is 1.05. The molecule has 0 heterocycles. The molecule has 82 valence electrons. The number of benzene rings is 2. The zero-order valence-electron chi connectivity index (χ0n) is 9.91. The average molecular weight is 228 g/mol. The zero-order valence-corrected chi connectivity index (χ0v) is 10.8. The largest absolute Gasteiger partial charge is 0.143 e. The topological polar surface area (TPSA) is 0 Å². The van der Waals surface area contributed by atoms with Crippen molar-refractivity contribution in [3.8, 4) is 11.1 Å². The fraction of sp³-hybridized carbons (Fsp3) is 0.200. The van der Waals surface area contributed by atoms with Gasteiger partial charge in [-0.2, -0.15) is 0 Å². The Bertz CT molecular complexity index is 507. The van der Waals surface area contributed by atoms with Crippen molar-refractivity contribution in [1.82, 2.24) is 0 Å². The van der Waals surface area contributed by atoms with Crippen molar-refractivity contribution in [2.24, 2.45) is 0 Å². The summed E-state index contributed by atoms with van der Waals surface area (Å²) in [7, 11) is 0. The molecular formula is C15H16S. The summed E-state index contributed by atoms with van der Waals surface area (Å²) >= 11 is 4.55. The molecule has 0 amide bonds. The van der Waals surface area contributed by atoms with Crippen LogP contribution in [0.3, 0.4) is 0 Å². The predicted octanol–water partition coefficient (Wildman–Crippen LogP) is 4.57. The second-order valence-corrected chi connectivity index (χ2v) is 4.77. The SMILES string of the molecule is Cc1ccc(-c2c(C)cccc2S)c(C)c1. The zero-order chi connectivity index (χ0) is 11.7. The van der Waals surface area contributed by atoms with Crippen molar-refractivity contribution in [3.05, 3.63) is 53.1 Å². The van der Waals surface area contributed by atoms with E-state index in [1.807, 2.05) is 12.1 Å². The monoisotopic (exact) mass is 228 g/mol. The van der Waals surface area contributed by atoms with Crippen LogP contribution in [0.4, 0.5) is 0 Å². The molecule has 0 bridgehead atoms. The van der Waals surface area contributed by atoms with Crippen molar-refractivity contribution in [1.29, 1.82) is 0 Å². The molecule has 0 fully saturated rings. The van der Waals surface area contributed by atoms with Crippen LogP contribution >= 0.6 is 12.6 Å². The summed E-state index contributed by atoms with van der Waals surface area (Å²) in [6.45, 7) is 6.41. The Morgan fingerprint density at radius 1 is 0.875 bits per heavy atom. The molecule has 0 saturated carbocycles. The Kier molecular flexibility index (Phi) is 3.06. The third kappa shape index (κ3) is 2.00. The van der Waals surface area contributed by atoms with Gasteiger partial charge in [-0.15, -0.1) is 12.6 Å². The van der Waals surface area contributed by atoms with Gasteiger partial charge in [0.05, 0.1) is 0 Å². The average Bonchev–Trinajstić information content (AvgIpc) is 2.20. The standard InChI is InChI=1S/C15H16S/c1-10-7-8-13(12(3)9-10)15-11(2)5-4-6-14(15)16/h4-9,16H,1-3H3. The van der Waals surface area contributed by atoms with Gasteiger partial charge >= 0.3 is 0 Å². The maximum Gasteiger partial charge on any atom is 0.0121 e. The van der Waals surface area contributed by atoms with Crippen LogP contribution in [0.25, 0.3) is 11.1 Å². The molecule has 0 saturated heterocycles. The van der Waals surface area contributed by atoms with Gasteiger partial charge in [-0.3, -0.25) is 0 Å². The van der Waals surface area contributed by atoms with Crippen molar-refractivity contribution in [2.75, 3.05) is 0 Å². The van der Waals surface area contributed by atoms with Crippen LogP contribution in [-0.4, -0.2) is 0 Å². The maximum absolute atomic E-state index is 4.55.